The number of nitrogens with one attached hydrogen (secondary N) is 1. The summed E-state index contributed by atoms with van der Waals surface area (Å²) in [6, 6.07) is 17.6. The van der Waals surface area contributed by atoms with Crippen molar-refractivity contribution in [3.8, 4) is 17.0 Å². The van der Waals surface area contributed by atoms with Crippen LogP contribution in [0.5, 0.6) is 5.75 Å². The van der Waals surface area contributed by atoms with E-state index in [0.29, 0.717) is 23.0 Å². The molecular formula is C26H27N3O2. The molecule has 3 aromatic rings. The normalized spacial score (nSPS) is 18.0. The number of pyridine rings is 1. The maximum Gasteiger partial charge on any atom is 0.251 e. The van der Waals surface area contributed by atoms with Crippen molar-refractivity contribution in [1.82, 2.24) is 10.3 Å². The third-order valence-corrected chi connectivity index (χ3v) is 6.35. The summed E-state index contributed by atoms with van der Waals surface area (Å²) >= 11 is 0. The van der Waals surface area contributed by atoms with Crippen molar-refractivity contribution in [1.29, 1.82) is 0 Å². The molecule has 5 nitrogen and oxygen atoms in total. The van der Waals surface area contributed by atoms with Crippen molar-refractivity contribution >= 4 is 11.6 Å². The van der Waals surface area contributed by atoms with Crippen molar-refractivity contribution < 1.29 is 9.53 Å². The Hall–Kier alpha value is -3.34. The fourth-order valence-corrected chi connectivity index (χ4v) is 4.38. The molecule has 158 valence electrons. The first-order valence-electron chi connectivity index (χ1n) is 11.1. The molecule has 0 saturated heterocycles. The van der Waals surface area contributed by atoms with Crippen molar-refractivity contribution in [2.24, 2.45) is 0 Å². The summed E-state index contributed by atoms with van der Waals surface area (Å²) in [6.07, 6.45) is 8.47. The predicted octanol–water partition coefficient (Wildman–Crippen LogP) is 5.07. The van der Waals surface area contributed by atoms with Gasteiger partial charge in [-0.1, -0.05) is 24.3 Å². The molecule has 0 spiro atoms. The van der Waals surface area contributed by atoms with Gasteiger partial charge in [0.25, 0.3) is 5.91 Å². The van der Waals surface area contributed by atoms with Crippen molar-refractivity contribution in [2.75, 3.05) is 5.73 Å². The fraction of sp³-hybridized carbons (Fsp3) is 0.308. The van der Waals surface area contributed by atoms with E-state index in [0.717, 1.165) is 43.4 Å². The van der Waals surface area contributed by atoms with Crippen LogP contribution in [0, 0.1) is 0 Å². The standard InChI is InChI=1S/C26H27N3O2/c27-23-12-11-20(31-19-7-4-8-19)16-22(23)25-15-18(13-14-28-25)26(30)29-24-10-3-6-17-5-1-2-9-21(17)24/h1-2,5,9,11-16,19,24H,3-4,6-8,10,27H2,(H,29,30)/t24-/m0/s1. The van der Waals surface area contributed by atoms with Crippen LogP contribution in [0.2, 0.25) is 0 Å². The average Bonchev–Trinajstić information content (AvgIpc) is 2.77. The second kappa shape index (κ2) is 8.42. The lowest BCUT2D eigenvalue weighted by Crippen LogP contribution is -2.31. The van der Waals surface area contributed by atoms with Gasteiger partial charge in [-0.25, -0.2) is 0 Å². The summed E-state index contributed by atoms with van der Waals surface area (Å²) in [5.74, 6) is 0.704. The molecule has 0 radical (unpaired) electrons. The van der Waals surface area contributed by atoms with Crippen molar-refractivity contribution in [2.45, 2.75) is 50.7 Å². The van der Waals surface area contributed by atoms with E-state index in [1.54, 1.807) is 12.3 Å². The number of aryl methyl sites for hydroxylation is 1. The van der Waals surface area contributed by atoms with Gasteiger partial charge in [0.2, 0.25) is 0 Å². The number of aromatic nitrogens is 1. The molecule has 0 unspecified atom stereocenters. The van der Waals surface area contributed by atoms with Gasteiger partial charge in [0.05, 0.1) is 17.8 Å². The van der Waals surface area contributed by atoms with Gasteiger partial charge in [-0.15, -0.1) is 0 Å². The maximum atomic E-state index is 13.1. The molecule has 1 amide bonds. The molecule has 0 aliphatic heterocycles. The Kier molecular flexibility index (Phi) is 5.33. The first-order valence-corrected chi connectivity index (χ1v) is 11.1. The molecule has 5 rings (SSSR count). The number of benzene rings is 2. The zero-order chi connectivity index (χ0) is 21.2. The van der Waals surface area contributed by atoms with Crippen LogP contribution in [0.25, 0.3) is 11.3 Å². The Morgan fingerprint density at radius 2 is 1.90 bits per heavy atom. The average molecular weight is 414 g/mol. The molecule has 1 saturated carbocycles. The highest BCUT2D eigenvalue weighted by Gasteiger charge is 2.23. The summed E-state index contributed by atoms with van der Waals surface area (Å²) in [6.45, 7) is 0. The third-order valence-electron chi connectivity index (χ3n) is 6.35. The summed E-state index contributed by atoms with van der Waals surface area (Å²) in [4.78, 5) is 17.5. The highest BCUT2D eigenvalue weighted by molar-refractivity contribution is 5.95. The Balaban J connectivity index is 1.37. The van der Waals surface area contributed by atoms with Crippen LogP contribution in [0.1, 0.15) is 59.6 Å². The molecule has 1 heterocycles. The number of rotatable bonds is 5. The van der Waals surface area contributed by atoms with Gasteiger partial charge in [0.15, 0.2) is 0 Å². The Morgan fingerprint density at radius 1 is 1.03 bits per heavy atom. The number of anilines is 1. The number of fused-ring (bicyclic) bond motifs is 1. The van der Waals surface area contributed by atoms with Crippen LogP contribution in [0.4, 0.5) is 5.69 Å². The lowest BCUT2D eigenvalue weighted by atomic mass is 9.87. The molecule has 31 heavy (non-hydrogen) atoms. The molecule has 2 aromatic carbocycles. The van der Waals surface area contributed by atoms with Gasteiger partial charge in [0, 0.05) is 23.0 Å². The molecule has 1 atom stereocenters. The fourth-order valence-electron chi connectivity index (χ4n) is 4.38. The van der Waals surface area contributed by atoms with Crippen LogP contribution in [0.3, 0.4) is 0 Å². The lowest BCUT2D eigenvalue weighted by Gasteiger charge is -2.26. The van der Waals surface area contributed by atoms with Crippen LogP contribution >= 0.6 is 0 Å². The molecule has 2 aliphatic carbocycles. The zero-order valence-electron chi connectivity index (χ0n) is 17.5. The third kappa shape index (κ3) is 4.13. The first-order chi connectivity index (χ1) is 15.2. The topological polar surface area (TPSA) is 77.2 Å². The van der Waals surface area contributed by atoms with Gasteiger partial charge in [0.1, 0.15) is 5.75 Å². The van der Waals surface area contributed by atoms with E-state index < -0.39 is 0 Å². The minimum atomic E-state index is -0.0919. The molecule has 2 aliphatic rings. The second-order valence-electron chi connectivity index (χ2n) is 8.47. The van der Waals surface area contributed by atoms with Crippen LogP contribution in [0.15, 0.2) is 60.8 Å². The van der Waals surface area contributed by atoms with Gasteiger partial charge >= 0.3 is 0 Å². The number of amides is 1. The zero-order valence-corrected chi connectivity index (χ0v) is 17.5. The predicted molar refractivity (Wildman–Crippen MR) is 122 cm³/mol. The number of nitrogens with zero attached hydrogens (tertiary/aromatic N) is 1. The van der Waals surface area contributed by atoms with Crippen LogP contribution < -0.4 is 15.8 Å². The Morgan fingerprint density at radius 3 is 2.74 bits per heavy atom. The largest absolute Gasteiger partial charge is 0.490 e. The first kappa shape index (κ1) is 19.6. The maximum absolute atomic E-state index is 13.1. The molecule has 1 fully saturated rings. The monoisotopic (exact) mass is 413 g/mol. The quantitative estimate of drug-likeness (QED) is 0.573. The van der Waals surface area contributed by atoms with Gasteiger partial charge in [-0.3, -0.25) is 9.78 Å². The summed E-state index contributed by atoms with van der Waals surface area (Å²) in [7, 11) is 0. The summed E-state index contributed by atoms with van der Waals surface area (Å²) in [5.41, 5.74) is 11.4. The highest BCUT2D eigenvalue weighted by atomic mass is 16.5. The summed E-state index contributed by atoms with van der Waals surface area (Å²) in [5, 5.41) is 3.21. The smallest absolute Gasteiger partial charge is 0.251 e. The second-order valence-corrected chi connectivity index (χ2v) is 8.47. The SMILES string of the molecule is Nc1ccc(OC2CCC2)cc1-c1cc(C(=O)N[C@H]2CCCc3ccccc32)ccn1. The minimum absolute atomic E-state index is 0.0401. The van der Waals surface area contributed by atoms with Crippen molar-refractivity contribution in [3.05, 3.63) is 77.5 Å². The van der Waals surface area contributed by atoms with Gasteiger partial charge in [-0.2, -0.15) is 0 Å². The number of ether oxygens (including phenoxy) is 1. The van der Waals surface area contributed by atoms with E-state index in [9.17, 15) is 4.79 Å². The lowest BCUT2D eigenvalue weighted by molar-refractivity contribution is 0.0932. The van der Waals surface area contributed by atoms with E-state index in [2.05, 4.69) is 28.5 Å². The van der Waals surface area contributed by atoms with Crippen molar-refractivity contribution in [3.63, 3.8) is 0 Å². The minimum Gasteiger partial charge on any atom is -0.490 e. The number of hydrogen-bond donors (Lipinski definition) is 2. The molecule has 3 N–H and O–H groups in total. The number of nitrogen functional groups attached to an aromatic ring is 1. The Bertz CT molecular complexity index is 1110. The van der Waals surface area contributed by atoms with E-state index in [-0.39, 0.29) is 11.9 Å². The van der Waals surface area contributed by atoms with Gasteiger partial charge < -0.3 is 15.8 Å². The highest BCUT2D eigenvalue weighted by Crippen LogP contribution is 2.33. The van der Waals surface area contributed by atoms with Crippen LogP contribution in [-0.4, -0.2) is 17.0 Å². The molecule has 0 bridgehead atoms. The number of carbonyl (C=O) groups excluding carboxylic acids is 1. The van der Waals surface area contributed by atoms with E-state index >= 15 is 0 Å². The number of hydrogen-bond acceptors (Lipinski definition) is 4. The molecule has 5 heteroatoms. The van der Waals surface area contributed by atoms with E-state index in [1.807, 2.05) is 30.3 Å². The summed E-state index contributed by atoms with van der Waals surface area (Å²) < 4.78 is 6.02. The molecular weight excluding hydrogens is 386 g/mol. The molecule has 1 aromatic heterocycles. The van der Waals surface area contributed by atoms with E-state index in [4.69, 9.17) is 10.5 Å². The number of nitrogens with two attached hydrogens (primary N) is 1. The van der Waals surface area contributed by atoms with Gasteiger partial charge in [-0.05, 0) is 80.0 Å². The van der Waals surface area contributed by atoms with Crippen LogP contribution in [-0.2, 0) is 6.42 Å². The Labute approximate surface area is 182 Å². The number of carbonyl (C=O) groups is 1. The van der Waals surface area contributed by atoms with E-state index in [1.165, 1.54) is 17.5 Å².